The minimum Gasteiger partial charge on any atom is -0.492 e. The Kier molecular flexibility index (Phi) is 9.24. The van der Waals surface area contributed by atoms with Crippen molar-refractivity contribution in [2.24, 2.45) is 5.10 Å². The van der Waals surface area contributed by atoms with E-state index in [0.717, 1.165) is 0 Å². The topological polar surface area (TPSA) is 115 Å². The van der Waals surface area contributed by atoms with E-state index in [1.807, 2.05) is 13.0 Å². The van der Waals surface area contributed by atoms with Gasteiger partial charge in [0.2, 0.25) is 5.88 Å². The number of carbonyl (C=O) groups is 1. The molecule has 0 saturated heterocycles. The molecular weight excluding hydrogens is 468 g/mol. The molecule has 31 heavy (non-hydrogen) atoms. The van der Waals surface area contributed by atoms with E-state index in [-0.39, 0.29) is 24.7 Å². The number of carbonyl (C=O) groups excluding carboxylic acids is 1. The first kappa shape index (κ1) is 24.1. The van der Waals surface area contributed by atoms with E-state index in [1.54, 1.807) is 32.2 Å². The summed E-state index contributed by atoms with van der Waals surface area (Å²) < 4.78 is 22.1. The molecule has 1 aromatic heterocycles. The number of nitrogens with one attached hydrogen (secondary N) is 1. The third-order valence-corrected chi connectivity index (χ3v) is 4.48. The van der Waals surface area contributed by atoms with Crippen molar-refractivity contribution in [2.75, 3.05) is 27.4 Å². The maximum atomic E-state index is 12.1. The smallest absolute Gasteiger partial charge is 0.278 e. The van der Waals surface area contributed by atoms with E-state index in [1.165, 1.54) is 13.3 Å². The lowest BCUT2D eigenvalue weighted by Gasteiger charge is -2.12. The summed E-state index contributed by atoms with van der Waals surface area (Å²) in [7, 11) is 3.08. The van der Waals surface area contributed by atoms with Gasteiger partial charge in [-0.3, -0.25) is 4.79 Å². The maximum absolute atomic E-state index is 12.1. The Hall–Kier alpha value is -3.16. The van der Waals surface area contributed by atoms with Crippen LogP contribution >= 0.6 is 15.9 Å². The Bertz CT molecular complexity index is 1000. The van der Waals surface area contributed by atoms with Gasteiger partial charge in [-0.15, -0.1) is 0 Å². The molecule has 0 unspecified atom stereocenters. The summed E-state index contributed by atoms with van der Waals surface area (Å²) in [6, 6.07) is 7.30. The monoisotopic (exact) mass is 490 g/mol. The number of pyridine rings is 1. The Balaban J connectivity index is 2.04. The second-order valence-corrected chi connectivity index (χ2v) is 7.05. The molecule has 9 nitrogen and oxygen atoms in total. The highest BCUT2D eigenvalue weighted by Gasteiger charge is 2.14. The van der Waals surface area contributed by atoms with Crippen molar-refractivity contribution in [2.45, 2.75) is 20.5 Å². The van der Waals surface area contributed by atoms with Crippen molar-refractivity contribution < 1.29 is 23.7 Å². The Morgan fingerprint density at radius 3 is 2.74 bits per heavy atom. The molecule has 1 N–H and O–H groups in total. The number of nitrogens with zero attached hydrogens (tertiary/aromatic N) is 3. The number of methoxy groups -OCH3 is 2. The van der Waals surface area contributed by atoms with Crippen molar-refractivity contribution in [3.8, 4) is 23.4 Å². The second-order valence-electron chi connectivity index (χ2n) is 6.20. The van der Waals surface area contributed by atoms with Crippen LogP contribution in [0.25, 0.3) is 0 Å². The fraction of sp³-hybridized carbons (Fsp3) is 0.333. The normalized spacial score (nSPS) is 10.6. The summed E-state index contributed by atoms with van der Waals surface area (Å²) in [6.07, 6.45) is 1.47. The van der Waals surface area contributed by atoms with Crippen LogP contribution in [0.15, 0.2) is 27.8 Å². The lowest BCUT2D eigenvalue weighted by Crippen LogP contribution is -2.25. The first-order valence-corrected chi connectivity index (χ1v) is 10.1. The molecule has 0 saturated carbocycles. The summed E-state index contributed by atoms with van der Waals surface area (Å²) in [6.45, 7) is 3.99. The number of nitriles is 1. The van der Waals surface area contributed by atoms with Crippen molar-refractivity contribution in [1.29, 1.82) is 5.26 Å². The lowest BCUT2D eigenvalue weighted by molar-refractivity contribution is -0.123. The van der Waals surface area contributed by atoms with Gasteiger partial charge in [-0.05, 0) is 53.5 Å². The molecule has 1 amide bonds. The third kappa shape index (κ3) is 6.67. The molecule has 0 radical (unpaired) electrons. The van der Waals surface area contributed by atoms with Gasteiger partial charge in [-0.25, -0.2) is 10.4 Å². The molecule has 0 aliphatic carbocycles. The van der Waals surface area contributed by atoms with Crippen LogP contribution in [0.1, 0.15) is 29.3 Å². The molecule has 0 aliphatic heterocycles. The van der Waals surface area contributed by atoms with Gasteiger partial charge >= 0.3 is 0 Å². The van der Waals surface area contributed by atoms with E-state index in [2.05, 4.69) is 31.4 Å². The van der Waals surface area contributed by atoms with E-state index < -0.39 is 5.91 Å². The van der Waals surface area contributed by atoms with Crippen LogP contribution in [-0.4, -0.2) is 44.5 Å². The number of hydrogen-bond donors (Lipinski definition) is 1. The van der Waals surface area contributed by atoms with Crippen LogP contribution in [0.2, 0.25) is 0 Å². The Morgan fingerprint density at radius 2 is 2.10 bits per heavy atom. The fourth-order valence-electron chi connectivity index (χ4n) is 2.67. The molecule has 0 bridgehead atoms. The molecule has 1 aromatic carbocycles. The summed E-state index contributed by atoms with van der Waals surface area (Å²) in [4.78, 5) is 16.3. The van der Waals surface area contributed by atoms with Crippen molar-refractivity contribution >= 4 is 28.1 Å². The molecule has 164 valence electrons. The number of aryl methyl sites for hydroxylation is 1. The molecule has 0 aliphatic rings. The molecule has 0 atom stereocenters. The number of amides is 1. The van der Waals surface area contributed by atoms with Gasteiger partial charge in [0.05, 0.1) is 31.0 Å². The number of hydrogen-bond acceptors (Lipinski definition) is 8. The molecular formula is C21H23BrN4O5. The Morgan fingerprint density at radius 1 is 1.32 bits per heavy atom. The molecule has 2 aromatic rings. The number of benzene rings is 1. The highest BCUT2D eigenvalue weighted by molar-refractivity contribution is 9.10. The van der Waals surface area contributed by atoms with Crippen molar-refractivity contribution in [1.82, 2.24) is 10.4 Å². The zero-order valence-electron chi connectivity index (χ0n) is 17.7. The predicted molar refractivity (Wildman–Crippen MR) is 117 cm³/mol. The average Bonchev–Trinajstić information content (AvgIpc) is 2.72. The number of ether oxygens (including phenoxy) is 4. The maximum Gasteiger partial charge on any atom is 0.278 e. The fourth-order valence-corrected chi connectivity index (χ4v) is 3.29. The predicted octanol–water partition coefficient (Wildman–Crippen LogP) is 3.11. The number of aromatic nitrogens is 1. The van der Waals surface area contributed by atoms with Gasteiger partial charge < -0.3 is 18.9 Å². The SMILES string of the molecule is CCOc1cc(/C=N\NC(=O)COc2nc(C)cc(COC)c2C#N)cc(Br)c1OC. The summed E-state index contributed by atoms with van der Waals surface area (Å²) >= 11 is 3.42. The minimum atomic E-state index is -0.505. The van der Waals surface area contributed by atoms with Crippen LogP contribution in [-0.2, 0) is 16.1 Å². The highest BCUT2D eigenvalue weighted by atomic mass is 79.9. The van der Waals surface area contributed by atoms with E-state index >= 15 is 0 Å². The van der Waals surface area contributed by atoms with Crippen molar-refractivity contribution in [3.05, 3.63) is 45.1 Å². The summed E-state index contributed by atoms with van der Waals surface area (Å²) in [5.41, 5.74) is 4.58. The number of halogens is 1. The van der Waals surface area contributed by atoms with Gasteiger partial charge in [0.15, 0.2) is 18.1 Å². The summed E-state index contributed by atoms with van der Waals surface area (Å²) in [5.74, 6) is 0.698. The van der Waals surface area contributed by atoms with Crippen LogP contribution in [0, 0.1) is 18.3 Å². The highest BCUT2D eigenvalue weighted by Crippen LogP contribution is 2.36. The van der Waals surface area contributed by atoms with Crippen LogP contribution in [0.4, 0.5) is 0 Å². The van der Waals surface area contributed by atoms with Gasteiger partial charge in [0.1, 0.15) is 11.6 Å². The number of hydrazone groups is 1. The Labute approximate surface area is 189 Å². The second kappa shape index (κ2) is 11.9. The van der Waals surface area contributed by atoms with Crippen molar-refractivity contribution in [3.63, 3.8) is 0 Å². The molecule has 0 spiro atoms. The average molecular weight is 491 g/mol. The van der Waals surface area contributed by atoms with E-state index in [4.69, 9.17) is 18.9 Å². The molecule has 0 fully saturated rings. The standard InChI is InChI=1S/C21H23BrN4O5/c1-5-30-18-8-14(7-17(22)20(18)29-4)10-24-26-19(27)12-31-21-16(9-23)15(11-28-3)6-13(2)25-21/h6-8,10H,5,11-12H2,1-4H3,(H,26,27)/b24-10-. The van der Waals surface area contributed by atoms with E-state index in [0.29, 0.717) is 39.4 Å². The first-order valence-electron chi connectivity index (χ1n) is 9.28. The zero-order chi connectivity index (χ0) is 22.8. The first-order chi connectivity index (χ1) is 14.9. The minimum absolute atomic E-state index is 0.0779. The van der Waals surface area contributed by atoms with Gasteiger partial charge in [-0.1, -0.05) is 0 Å². The van der Waals surface area contributed by atoms with E-state index in [9.17, 15) is 10.1 Å². The quantitative estimate of drug-likeness (QED) is 0.401. The van der Waals surface area contributed by atoms with Crippen LogP contribution in [0.3, 0.4) is 0 Å². The largest absolute Gasteiger partial charge is 0.492 e. The molecule has 2 rings (SSSR count). The van der Waals surface area contributed by atoms with Gasteiger partial charge in [0, 0.05) is 18.4 Å². The van der Waals surface area contributed by atoms with Gasteiger partial charge in [-0.2, -0.15) is 10.4 Å². The third-order valence-electron chi connectivity index (χ3n) is 3.89. The molecule has 10 heteroatoms. The number of rotatable bonds is 10. The summed E-state index contributed by atoms with van der Waals surface area (Å²) in [5, 5.41) is 13.3. The lowest BCUT2D eigenvalue weighted by atomic mass is 10.1. The van der Waals surface area contributed by atoms with Crippen LogP contribution in [0.5, 0.6) is 17.4 Å². The zero-order valence-corrected chi connectivity index (χ0v) is 19.3. The van der Waals surface area contributed by atoms with Crippen LogP contribution < -0.4 is 19.6 Å². The van der Waals surface area contributed by atoms with Gasteiger partial charge in [0.25, 0.3) is 5.91 Å². The molecule has 1 heterocycles.